The Morgan fingerprint density at radius 3 is 2.88 bits per heavy atom. The predicted octanol–water partition coefficient (Wildman–Crippen LogP) is 3.98. The second-order valence-electron chi connectivity index (χ2n) is 5.32. The van der Waals surface area contributed by atoms with Crippen LogP contribution in [0.3, 0.4) is 0 Å². The molecule has 0 saturated heterocycles. The lowest BCUT2D eigenvalue weighted by Gasteiger charge is -2.07. The van der Waals surface area contributed by atoms with Crippen molar-refractivity contribution < 1.29 is 13.9 Å². The Morgan fingerprint density at radius 2 is 2.12 bits per heavy atom. The molecule has 0 aliphatic rings. The Morgan fingerprint density at radius 1 is 1.32 bits per heavy atom. The molecule has 0 unspecified atom stereocenters. The summed E-state index contributed by atoms with van der Waals surface area (Å²) in [7, 11) is 1.51. The molecule has 25 heavy (non-hydrogen) atoms. The van der Waals surface area contributed by atoms with Gasteiger partial charge < -0.3 is 10.1 Å². The molecule has 3 rings (SSSR count). The zero-order valence-corrected chi connectivity index (χ0v) is 14.1. The normalized spacial score (nSPS) is 10.5. The lowest BCUT2D eigenvalue weighted by atomic mass is 10.2. The van der Waals surface area contributed by atoms with E-state index < -0.39 is 0 Å². The maximum absolute atomic E-state index is 13.1. The Hall–Kier alpha value is -2.86. The van der Waals surface area contributed by atoms with Gasteiger partial charge in [0.25, 0.3) is 5.91 Å². The molecule has 1 N–H and O–H groups in total. The van der Waals surface area contributed by atoms with Crippen molar-refractivity contribution in [3.63, 3.8) is 0 Å². The average molecular weight is 360 g/mol. The number of halogens is 2. The quantitative estimate of drug-likeness (QED) is 0.749. The first-order valence-corrected chi connectivity index (χ1v) is 7.85. The van der Waals surface area contributed by atoms with Crippen molar-refractivity contribution in [2.75, 3.05) is 12.4 Å². The maximum atomic E-state index is 13.1. The molecule has 2 aromatic carbocycles. The molecule has 7 heteroatoms. The van der Waals surface area contributed by atoms with Crippen LogP contribution in [0.4, 0.5) is 10.1 Å². The number of para-hydroxylation sites is 1. The van der Waals surface area contributed by atoms with Crippen molar-refractivity contribution in [2.24, 2.45) is 0 Å². The molecule has 0 radical (unpaired) electrons. The van der Waals surface area contributed by atoms with Crippen LogP contribution < -0.4 is 10.1 Å². The van der Waals surface area contributed by atoms with E-state index in [-0.39, 0.29) is 11.7 Å². The molecular formula is C18H15ClFN3O2. The van der Waals surface area contributed by atoms with Crippen LogP contribution >= 0.6 is 11.6 Å². The summed E-state index contributed by atoms with van der Waals surface area (Å²) < 4.78 is 19.9. The zero-order valence-electron chi connectivity index (χ0n) is 13.4. The van der Waals surface area contributed by atoms with E-state index >= 15 is 0 Å². The second-order valence-corrected chi connectivity index (χ2v) is 5.72. The minimum Gasteiger partial charge on any atom is -0.496 e. The maximum Gasteiger partial charge on any atom is 0.259 e. The number of nitrogens with zero attached hydrogens (tertiary/aromatic N) is 2. The van der Waals surface area contributed by atoms with E-state index in [0.29, 0.717) is 28.6 Å². The molecule has 128 valence electrons. The Labute approximate surface area is 149 Å². The highest BCUT2D eigenvalue weighted by Crippen LogP contribution is 2.20. The fourth-order valence-electron chi connectivity index (χ4n) is 2.37. The first-order valence-electron chi connectivity index (χ1n) is 7.47. The van der Waals surface area contributed by atoms with Crippen molar-refractivity contribution >= 4 is 23.2 Å². The second kappa shape index (κ2) is 7.36. The standard InChI is InChI=1S/C18H15ClFN3O2/c1-25-17-5-3-2-4-15(17)18(24)22-14-9-21-23(11-14)10-12-6-7-13(20)8-16(12)19/h2-9,11H,10H2,1H3,(H,22,24). The molecule has 1 heterocycles. The number of nitrogens with one attached hydrogen (secondary N) is 1. The number of methoxy groups -OCH3 is 1. The van der Waals surface area contributed by atoms with E-state index in [1.807, 2.05) is 0 Å². The number of aromatic nitrogens is 2. The fourth-order valence-corrected chi connectivity index (χ4v) is 2.60. The Kier molecular flexibility index (Phi) is 5.00. The van der Waals surface area contributed by atoms with Crippen LogP contribution in [0.2, 0.25) is 5.02 Å². The molecule has 0 aliphatic heterocycles. The first kappa shape index (κ1) is 17.0. The summed E-state index contributed by atoms with van der Waals surface area (Å²) >= 11 is 6.02. The number of benzene rings is 2. The average Bonchev–Trinajstić information content (AvgIpc) is 3.04. The van der Waals surface area contributed by atoms with E-state index in [1.54, 1.807) is 41.2 Å². The van der Waals surface area contributed by atoms with Gasteiger partial charge in [-0.2, -0.15) is 5.10 Å². The third-order valence-corrected chi connectivity index (χ3v) is 3.94. The summed E-state index contributed by atoms with van der Waals surface area (Å²) in [6.07, 6.45) is 3.21. The zero-order chi connectivity index (χ0) is 17.8. The molecule has 0 fully saturated rings. The first-order chi connectivity index (χ1) is 12.1. The highest BCUT2D eigenvalue weighted by Gasteiger charge is 2.13. The van der Waals surface area contributed by atoms with Crippen molar-refractivity contribution in [1.29, 1.82) is 0 Å². The van der Waals surface area contributed by atoms with E-state index in [1.165, 1.54) is 25.4 Å². The van der Waals surface area contributed by atoms with Gasteiger partial charge >= 0.3 is 0 Å². The minimum atomic E-state index is -0.390. The van der Waals surface area contributed by atoms with Crippen molar-refractivity contribution in [3.05, 3.63) is 76.8 Å². The molecule has 5 nitrogen and oxygen atoms in total. The summed E-state index contributed by atoms with van der Waals surface area (Å²) in [6, 6.07) is 11.1. The van der Waals surface area contributed by atoms with Gasteiger partial charge in [0.2, 0.25) is 0 Å². The van der Waals surface area contributed by atoms with E-state index in [2.05, 4.69) is 10.4 Å². The van der Waals surface area contributed by atoms with E-state index in [9.17, 15) is 9.18 Å². The Bertz CT molecular complexity index is 911. The number of hydrogen-bond acceptors (Lipinski definition) is 3. The topological polar surface area (TPSA) is 56.1 Å². The summed E-state index contributed by atoms with van der Waals surface area (Å²) in [5, 5.41) is 7.28. The number of carbonyl (C=O) groups is 1. The number of carbonyl (C=O) groups excluding carboxylic acids is 1. The largest absolute Gasteiger partial charge is 0.496 e. The van der Waals surface area contributed by atoms with Gasteiger partial charge in [-0.25, -0.2) is 4.39 Å². The Balaban J connectivity index is 1.72. The van der Waals surface area contributed by atoms with Crippen LogP contribution in [-0.2, 0) is 6.54 Å². The van der Waals surface area contributed by atoms with Crippen molar-refractivity contribution in [2.45, 2.75) is 6.54 Å². The lowest BCUT2D eigenvalue weighted by molar-refractivity contribution is 0.102. The molecule has 1 amide bonds. The highest BCUT2D eigenvalue weighted by molar-refractivity contribution is 6.31. The van der Waals surface area contributed by atoms with E-state index in [4.69, 9.17) is 16.3 Å². The smallest absolute Gasteiger partial charge is 0.259 e. The summed E-state index contributed by atoms with van der Waals surface area (Å²) in [5.74, 6) is -0.193. The minimum absolute atomic E-state index is 0.295. The van der Waals surface area contributed by atoms with Gasteiger partial charge in [-0.1, -0.05) is 29.8 Å². The number of hydrogen-bond donors (Lipinski definition) is 1. The molecule has 1 aromatic heterocycles. The number of amides is 1. The van der Waals surface area contributed by atoms with Gasteiger partial charge in [-0.15, -0.1) is 0 Å². The summed E-state index contributed by atoms with van der Waals surface area (Å²) in [4.78, 5) is 12.4. The number of ether oxygens (including phenoxy) is 1. The van der Waals surface area contributed by atoms with Crippen LogP contribution in [0, 0.1) is 5.82 Å². The third kappa shape index (κ3) is 3.97. The van der Waals surface area contributed by atoms with Gasteiger partial charge in [-0.05, 0) is 29.8 Å². The van der Waals surface area contributed by atoms with Gasteiger partial charge in [0, 0.05) is 11.2 Å². The summed E-state index contributed by atoms with van der Waals surface area (Å²) in [6.45, 7) is 0.365. The molecule has 3 aromatic rings. The molecule has 0 bridgehead atoms. The monoisotopic (exact) mass is 359 g/mol. The van der Waals surface area contributed by atoms with Crippen molar-refractivity contribution in [1.82, 2.24) is 9.78 Å². The van der Waals surface area contributed by atoms with Crippen molar-refractivity contribution in [3.8, 4) is 5.75 Å². The van der Waals surface area contributed by atoms with Gasteiger partial charge in [0.15, 0.2) is 0 Å². The van der Waals surface area contributed by atoms with Crippen LogP contribution in [0.1, 0.15) is 15.9 Å². The predicted molar refractivity (Wildman–Crippen MR) is 93.7 cm³/mol. The number of anilines is 1. The van der Waals surface area contributed by atoms with E-state index in [0.717, 1.165) is 5.56 Å². The SMILES string of the molecule is COc1ccccc1C(=O)Nc1cnn(Cc2ccc(F)cc2Cl)c1. The molecular weight excluding hydrogens is 345 g/mol. The van der Waals surface area contributed by atoms with Crippen LogP contribution in [0.5, 0.6) is 5.75 Å². The lowest BCUT2D eigenvalue weighted by Crippen LogP contribution is -2.12. The summed E-state index contributed by atoms with van der Waals surface area (Å²) in [5.41, 5.74) is 1.70. The molecule has 0 saturated carbocycles. The highest BCUT2D eigenvalue weighted by atomic mass is 35.5. The molecule has 0 atom stereocenters. The van der Waals surface area contributed by atoms with Crippen LogP contribution in [0.15, 0.2) is 54.9 Å². The van der Waals surface area contributed by atoms with Crippen LogP contribution in [0.25, 0.3) is 0 Å². The molecule has 0 aliphatic carbocycles. The number of rotatable bonds is 5. The van der Waals surface area contributed by atoms with Gasteiger partial charge in [0.05, 0.1) is 31.1 Å². The third-order valence-electron chi connectivity index (χ3n) is 3.59. The van der Waals surface area contributed by atoms with Gasteiger partial charge in [0.1, 0.15) is 11.6 Å². The fraction of sp³-hybridized carbons (Fsp3) is 0.111. The van der Waals surface area contributed by atoms with Gasteiger partial charge in [-0.3, -0.25) is 9.48 Å². The van der Waals surface area contributed by atoms with Crippen LogP contribution in [-0.4, -0.2) is 22.8 Å². The molecule has 0 spiro atoms.